The molecule has 0 aliphatic carbocycles. The van der Waals surface area contributed by atoms with Crippen LogP contribution in [-0.4, -0.2) is 24.0 Å². The second-order valence-corrected chi connectivity index (χ2v) is 5.58. The quantitative estimate of drug-likeness (QED) is 0.912. The molecule has 2 nitrogen and oxygen atoms in total. The van der Waals surface area contributed by atoms with E-state index in [1.54, 1.807) is 12.1 Å². The molecule has 1 saturated heterocycles. The first-order valence-electron chi connectivity index (χ1n) is 6.94. The molecule has 0 amide bonds. The Balaban J connectivity index is 2.22. The van der Waals surface area contributed by atoms with Crippen molar-refractivity contribution in [2.45, 2.75) is 38.8 Å². The van der Waals surface area contributed by atoms with Gasteiger partial charge in [-0.05, 0) is 38.3 Å². The number of hydrogen-bond acceptors (Lipinski definition) is 2. The molecular formula is C15H22F2N2. The van der Waals surface area contributed by atoms with Crippen molar-refractivity contribution in [1.29, 1.82) is 0 Å². The average Bonchev–Trinajstić information content (AvgIpc) is 2.41. The van der Waals surface area contributed by atoms with Crippen LogP contribution in [0.4, 0.5) is 8.78 Å². The summed E-state index contributed by atoms with van der Waals surface area (Å²) in [5.74, 6) is -0.863. The number of hydrogen-bond donors (Lipinski definition) is 1. The van der Waals surface area contributed by atoms with Crippen molar-refractivity contribution in [3.05, 3.63) is 35.4 Å². The van der Waals surface area contributed by atoms with E-state index in [0.717, 1.165) is 25.5 Å². The van der Waals surface area contributed by atoms with Gasteiger partial charge >= 0.3 is 0 Å². The standard InChI is InChI=1S/C15H22F2N2/c1-10-6-7-19(12(8-10)9-18)11(2)13-4-3-5-14(16)15(13)17/h3-5,10-12H,6-9,18H2,1-2H3. The lowest BCUT2D eigenvalue weighted by atomic mass is 9.90. The molecule has 0 radical (unpaired) electrons. The number of likely N-dealkylation sites (tertiary alicyclic amines) is 1. The maximum absolute atomic E-state index is 13.9. The Labute approximate surface area is 113 Å². The Morgan fingerprint density at radius 2 is 2.16 bits per heavy atom. The second-order valence-electron chi connectivity index (χ2n) is 5.58. The second kappa shape index (κ2) is 5.97. The minimum atomic E-state index is -0.779. The number of benzene rings is 1. The average molecular weight is 268 g/mol. The first kappa shape index (κ1) is 14.4. The molecule has 0 bridgehead atoms. The summed E-state index contributed by atoms with van der Waals surface area (Å²) in [5.41, 5.74) is 6.25. The molecule has 1 aliphatic rings. The molecule has 3 unspecified atom stereocenters. The van der Waals surface area contributed by atoms with Crippen LogP contribution >= 0.6 is 0 Å². The van der Waals surface area contributed by atoms with Crippen LogP contribution in [0.3, 0.4) is 0 Å². The van der Waals surface area contributed by atoms with Crippen LogP contribution in [-0.2, 0) is 0 Å². The van der Waals surface area contributed by atoms with Crippen molar-refractivity contribution in [3.8, 4) is 0 Å². The largest absolute Gasteiger partial charge is 0.329 e. The number of nitrogens with two attached hydrogens (primary N) is 1. The predicted molar refractivity (Wildman–Crippen MR) is 72.7 cm³/mol. The van der Waals surface area contributed by atoms with Crippen molar-refractivity contribution < 1.29 is 8.78 Å². The van der Waals surface area contributed by atoms with Crippen LogP contribution in [0, 0.1) is 17.6 Å². The Morgan fingerprint density at radius 1 is 1.42 bits per heavy atom. The van der Waals surface area contributed by atoms with Gasteiger partial charge in [0.25, 0.3) is 0 Å². The van der Waals surface area contributed by atoms with Gasteiger partial charge in [0.2, 0.25) is 0 Å². The van der Waals surface area contributed by atoms with E-state index in [4.69, 9.17) is 5.73 Å². The fourth-order valence-electron chi connectivity index (χ4n) is 3.03. The highest BCUT2D eigenvalue weighted by molar-refractivity contribution is 5.22. The van der Waals surface area contributed by atoms with Gasteiger partial charge in [-0.1, -0.05) is 19.1 Å². The molecule has 0 spiro atoms. The summed E-state index contributed by atoms with van der Waals surface area (Å²) >= 11 is 0. The van der Waals surface area contributed by atoms with E-state index in [-0.39, 0.29) is 12.1 Å². The molecule has 106 valence electrons. The Kier molecular flexibility index (Phi) is 4.53. The van der Waals surface area contributed by atoms with Gasteiger partial charge in [-0.2, -0.15) is 0 Å². The van der Waals surface area contributed by atoms with Gasteiger partial charge in [0.05, 0.1) is 0 Å². The fraction of sp³-hybridized carbons (Fsp3) is 0.600. The van der Waals surface area contributed by atoms with E-state index in [0.29, 0.717) is 18.0 Å². The fourth-order valence-corrected chi connectivity index (χ4v) is 3.03. The van der Waals surface area contributed by atoms with Crippen molar-refractivity contribution in [3.63, 3.8) is 0 Å². The number of nitrogens with zero attached hydrogens (tertiary/aromatic N) is 1. The molecule has 2 N–H and O–H groups in total. The number of rotatable bonds is 3. The van der Waals surface area contributed by atoms with Gasteiger partial charge in [-0.3, -0.25) is 4.90 Å². The molecule has 2 rings (SSSR count). The van der Waals surface area contributed by atoms with Crippen molar-refractivity contribution in [2.75, 3.05) is 13.1 Å². The van der Waals surface area contributed by atoms with Gasteiger partial charge in [0.1, 0.15) is 0 Å². The summed E-state index contributed by atoms with van der Waals surface area (Å²) in [4.78, 5) is 2.21. The van der Waals surface area contributed by atoms with Gasteiger partial charge in [0.15, 0.2) is 11.6 Å². The molecule has 1 aromatic carbocycles. The van der Waals surface area contributed by atoms with E-state index >= 15 is 0 Å². The van der Waals surface area contributed by atoms with Crippen molar-refractivity contribution in [2.24, 2.45) is 11.7 Å². The van der Waals surface area contributed by atoms with Gasteiger partial charge < -0.3 is 5.73 Å². The molecule has 1 fully saturated rings. The molecule has 19 heavy (non-hydrogen) atoms. The molecule has 1 aromatic rings. The summed E-state index contributed by atoms with van der Waals surface area (Å²) in [6, 6.07) is 4.49. The molecular weight excluding hydrogens is 246 g/mol. The first-order valence-corrected chi connectivity index (χ1v) is 6.94. The summed E-state index contributed by atoms with van der Waals surface area (Å²) in [6.45, 7) is 5.59. The topological polar surface area (TPSA) is 29.3 Å². The third-order valence-electron chi connectivity index (χ3n) is 4.22. The zero-order valence-electron chi connectivity index (χ0n) is 11.6. The van der Waals surface area contributed by atoms with Gasteiger partial charge in [-0.25, -0.2) is 8.78 Å². The smallest absolute Gasteiger partial charge is 0.163 e. The summed E-state index contributed by atoms with van der Waals surface area (Å²) in [7, 11) is 0. The van der Waals surface area contributed by atoms with Crippen LogP contribution in [0.15, 0.2) is 18.2 Å². The van der Waals surface area contributed by atoms with Crippen LogP contribution in [0.25, 0.3) is 0 Å². The number of halogens is 2. The Hall–Kier alpha value is -1.00. The van der Waals surface area contributed by atoms with E-state index < -0.39 is 11.6 Å². The normalized spacial score (nSPS) is 26.4. The van der Waals surface area contributed by atoms with Gasteiger partial charge in [-0.15, -0.1) is 0 Å². The van der Waals surface area contributed by atoms with E-state index in [2.05, 4.69) is 11.8 Å². The summed E-state index contributed by atoms with van der Waals surface area (Å²) in [6.07, 6.45) is 2.11. The van der Waals surface area contributed by atoms with E-state index in [9.17, 15) is 8.78 Å². The van der Waals surface area contributed by atoms with Gasteiger partial charge in [0, 0.05) is 24.2 Å². The molecule has 1 heterocycles. The monoisotopic (exact) mass is 268 g/mol. The summed E-state index contributed by atoms with van der Waals surface area (Å²) in [5, 5.41) is 0. The highest BCUT2D eigenvalue weighted by Crippen LogP contribution is 2.31. The van der Waals surface area contributed by atoms with Crippen LogP contribution < -0.4 is 5.73 Å². The maximum atomic E-state index is 13.9. The molecule has 3 atom stereocenters. The van der Waals surface area contributed by atoms with Crippen molar-refractivity contribution >= 4 is 0 Å². The molecule has 0 aromatic heterocycles. The highest BCUT2D eigenvalue weighted by Gasteiger charge is 2.30. The molecule has 1 aliphatic heterocycles. The SMILES string of the molecule is CC1CCN(C(C)c2cccc(F)c2F)C(CN)C1. The Bertz CT molecular complexity index is 436. The highest BCUT2D eigenvalue weighted by atomic mass is 19.2. The Morgan fingerprint density at radius 3 is 2.84 bits per heavy atom. The van der Waals surface area contributed by atoms with E-state index in [1.807, 2.05) is 6.92 Å². The molecule has 4 heteroatoms. The maximum Gasteiger partial charge on any atom is 0.163 e. The lowest BCUT2D eigenvalue weighted by molar-refractivity contribution is 0.0815. The van der Waals surface area contributed by atoms with Crippen molar-refractivity contribution in [1.82, 2.24) is 4.90 Å². The first-order chi connectivity index (χ1) is 9.04. The lowest BCUT2D eigenvalue weighted by Gasteiger charge is -2.42. The van der Waals surface area contributed by atoms with Crippen LogP contribution in [0.5, 0.6) is 0 Å². The molecule has 0 saturated carbocycles. The minimum Gasteiger partial charge on any atom is -0.329 e. The van der Waals surface area contributed by atoms with Crippen LogP contribution in [0.1, 0.15) is 38.3 Å². The van der Waals surface area contributed by atoms with Crippen LogP contribution in [0.2, 0.25) is 0 Å². The summed E-state index contributed by atoms with van der Waals surface area (Å²) < 4.78 is 27.2. The van der Waals surface area contributed by atoms with E-state index in [1.165, 1.54) is 0 Å². The minimum absolute atomic E-state index is 0.142. The third-order valence-corrected chi connectivity index (χ3v) is 4.22. The predicted octanol–water partition coefficient (Wildman–Crippen LogP) is 3.09. The zero-order chi connectivity index (χ0) is 14.0. The zero-order valence-corrected chi connectivity index (χ0v) is 11.6. The third kappa shape index (κ3) is 2.95. The number of piperidine rings is 1. The lowest BCUT2D eigenvalue weighted by Crippen LogP contribution is -2.47.